The maximum Gasteiger partial charge on any atom is 0.166 e. The number of benzene rings is 2. The highest BCUT2D eigenvalue weighted by Crippen LogP contribution is 2.30. The van der Waals surface area contributed by atoms with E-state index in [1.165, 1.54) is 11.1 Å². The number of hydrogen-bond acceptors (Lipinski definition) is 3. The normalized spacial score (nSPS) is 23.1. The molecule has 1 aliphatic heterocycles. The van der Waals surface area contributed by atoms with Crippen molar-refractivity contribution in [2.45, 2.75) is 71.0 Å². The summed E-state index contributed by atoms with van der Waals surface area (Å²) in [4.78, 5) is 13.4. The summed E-state index contributed by atoms with van der Waals surface area (Å²) in [6.45, 7) is 5.52. The lowest BCUT2D eigenvalue weighted by Crippen LogP contribution is -2.24. The van der Waals surface area contributed by atoms with Crippen molar-refractivity contribution in [2.24, 2.45) is 5.92 Å². The van der Waals surface area contributed by atoms with E-state index >= 15 is 0 Å². The SMILES string of the molecule is CCCc1ccccc1C(=O)C1CCCC(OCC)CC(c2ccccc2)OCC1. The summed E-state index contributed by atoms with van der Waals surface area (Å²) < 4.78 is 12.4. The summed E-state index contributed by atoms with van der Waals surface area (Å²) in [6, 6.07) is 18.5. The van der Waals surface area contributed by atoms with Crippen LogP contribution < -0.4 is 0 Å². The first-order chi connectivity index (χ1) is 14.7. The Morgan fingerprint density at radius 3 is 2.53 bits per heavy atom. The number of aryl methyl sites for hydroxylation is 1. The van der Waals surface area contributed by atoms with Crippen molar-refractivity contribution in [1.29, 1.82) is 0 Å². The molecule has 3 heteroatoms. The summed E-state index contributed by atoms with van der Waals surface area (Å²) in [5, 5.41) is 0. The Bertz CT molecular complexity index is 771. The fraction of sp³-hybridized carbons (Fsp3) is 0.519. The zero-order chi connectivity index (χ0) is 21.2. The molecule has 2 aromatic carbocycles. The summed E-state index contributed by atoms with van der Waals surface area (Å²) >= 11 is 0. The van der Waals surface area contributed by atoms with Gasteiger partial charge in [0.2, 0.25) is 0 Å². The molecule has 0 amide bonds. The van der Waals surface area contributed by atoms with Crippen LogP contribution in [0.2, 0.25) is 0 Å². The van der Waals surface area contributed by atoms with Gasteiger partial charge in [-0.2, -0.15) is 0 Å². The molecule has 0 bridgehead atoms. The van der Waals surface area contributed by atoms with Gasteiger partial charge in [0.25, 0.3) is 0 Å². The second kappa shape index (κ2) is 12.0. The number of ether oxygens (including phenoxy) is 2. The molecule has 0 saturated carbocycles. The number of Topliss-reactive ketones (excluding diaryl/α,β-unsaturated/α-hetero) is 1. The highest BCUT2D eigenvalue weighted by molar-refractivity contribution is 5.99. The van der Waals surface area contributed by atoms with Crippen LogP contribution in [0.3, 0.4) is 0 Å². The molecule has 0 radical (unpaired) electrons. The van der Waals surface area contributed by atoms with Crippen LogP contribution in [-0.2, 0) is 15.9 Å². The van der Waals surface area contributed by atoms with Gasteiger partial charge in [-0.25, -0.2) is 0 Å². The van der Waals surface area contributed by atoms with Crippen molar-refractivity contribution in [3.8, 4) is 0 Å². The second-order valence-electron chi connectivity index (χ2n) is 8.27. The Morgan fingerprint density at radius 2 is 1.77 bits per heavy atom. The molecule has 0 spiro atoms. The minimum atomic E-state index is 0.0137. The molecule has 0 N–H and O–H groups in total. The maximum atomic E-state index is 13.4. The Labute approximate surface area is 181 Å². The number of ketones is 1. The highest BCUT2D eigenvalue weighted by Gasteiger charge is 2.26. The van der Waals surface area contributed by atoms with Crippen molar-refractivity contribution in [3.05, 3.63) is 71.3 Å². The third kappa shape index (κ3) is 6.26. The molecule has 2 aromatic rings. The van der Waals surface area contributed by atoms with Gasteiger partial charge < -0.3 is 9.47 Å². The molecule has 3 rings (SSSR count). The van der Waals surface area contributed by atoms with E-state index in [9.17, 15) is 4.79 Å². The van der Waals surface area contributed by atoms with Gasteiger partial charge in [0.1, 0.15) is 0 Å². The Morgan fingerprint density at radius 1 is 1.00 bits per heavy atom. The summed E-state index contributed by atoms with van der Waals surface area (Å²) in [6.07, 6.45) is 6.73. The molecular formula is C27H36O3. The molecule has 1 heterocycles. The van der Waals surface area contributed by atoms with Gasteiger partial charge in [-0.3, -0.25) is 4.79 Å². The second-order valence-corrected chi connectivity index (χ2v) is 8.27. The van der Waals surface area contributed by atoms with Gasteiger partial charge in [-0.05, 0) is 43.7 Å². The monoisotopic (exact) mass is 408 g/mol. The first kappa shape index (κ1) is 22.7. The summed E-state index contributed by atoms with van der Waals surface area (Å²) in [7, 11) is 0. The molecule has 1 fully saturated rings. The van der Waals surface area contributed by atoms with Crippen LogP contribution in [0.5, 0.6) is 0 Å². The molecule has 3 unspecified atom stereocenters. The molecule has 3 atom stereocenters. The lowest BCUT2D eigenvalue weighted by Gasteiger charge is -2.28. The van der Waals surface area contributed by atoms with E-state index in [0.717, 1.165) is 50.5 Å². The van der Waals surface area contributed by atoms with Crippen LogP contribution in [0.1, 0.15) is 80.0 Å². The van der Waals surface area contributed by atoms with E-state index in [-0.39, 0.29) is 23.9 Å². The van der Waals surface area contributed by atoms with Crippen LogP contribution >= 0.6 is 0 Å². The zero-order valence-corrected chi connectivity index (χ0v) is 18.5. The largest absolute Gasteiger partial charge is 0.378 e. The fourth-order valence-electron chi connectivity index (χ4n) is 4.53. The van der Waals surface area contributed by atoms with Crippen molar-refractivity contribution in [2.75, 3.05) is 13.2 Å². The van der Waals surface area contributed by atoms with E-state index in [0.29, 0.717) is 13.2 Å². The molecule has 1 aliphatic rings. The summed E-state index contributed by atoms with van der Waals surface area (Å²) in [5.74, 6) is 0.298. The fourth-order valence-corrected chi connectivity index (χ4v) is 4.53. The molecule has 0 aliphatic carbocycles. The molecule has 0 aromatic heterocycles. The average molecular weight is 409 g/mol. The van der Waals surface area contributed by atoms with Crippen LogP contribution in [0.15, 0.2) is 54.6 Å². The number of carbonyl (C=O) groups excluding carboxylic acids is 1. The third-order valence-corrected chi connectivity index (χ3v) is 6.09. The average Bonchev–Trinajstić information content (AvgIpc) is 2.78. The van der Waals surface area contributed by atoms with Crippen molar-refractivity contribution in [3.63, 3.8) is 0 Å². The Kier molecular flexibility index (Phi) is 9.10. The lowest BCUT2D eigenvalue weighted by atomic mass is 9.86. The van der Waals surface area contributed by atoms with Crippen molar-refractivity contribution >= 4 is 5.78 Å². The molecule has 162 valence electrons. The quantitative estimate of drug-likeness (QED) is 0.486. The van der Waals surface area contributed by atoms with Crippen molar-refractivity contribution in [1.82, 2.24) is 0 Å². The van der Waals surface area contributed by atoms with Gasteiger partial charge in [0.15, 0.2) is 5.78 Å². The van der Waals surface area contributed by atoms with E-state index < -0.39 is 0 Å². The zero-order valence-electron chi connectivity index (χ0n) is 18.5. The number of carbonyl (C=O) groups is 1. The lowest BCUT2D eigenvalue weighted by molar-refractivity contribution is -0.0267. The van der Waals surface area contributed by atoms with Crippen LogP contribution in [0, 0.1) is 5.92 Å². The van der Waals surface area contributed by atoms with E-state index in [2.05, 4.69) is 37.3 Å². The van der Waals surface area contributed by atoms with Crippen LogP contribution in [0.25, 0.3) is 0 Å². The van der Waals surface area contributed by atoms with E-state index in [1.807, 2.05) is 31.2 Å². The van der Waals surface area contributed by atoms with Gasteiger partial charge in [0.05, 0.1) is 12.2 Å². The van der Waals surface area contributed by atoms with E-state index in [4.69, 9.17) is 9.47 Å². The molecule has 1 saturated heterocycles. The predicted molar refractivity (Wildman–Crippen MR) is 122 cm³/mol. The Hall–Kier alpha value is -1.97. The molecule has 30 heavy (non-hydrogen) atoms. The van der Waals surface area contributed by atoms with E-state index in [1.54, 1.807) is 0 Å². The minimum absolute atomic E-state index is 0.0137. The minimum Gasteiger partial charge on any atom is -0.378 e. The smallest absolute Gasteiger partial charge is 0.166 e. The first-order valence-corrected chi connectivity index (χ1v) is 11.6. The standard InChI is InChI=1S/C27H36O3/c1-3-11-21-12-8-9-17-25(21)27(28)23-15-10-16-24(29-4-2)20-26(30-19-18-23)22-13-6-5-7-14-22/h5-9,12-14,17,23-24,26H,3-4,10-11,15-16,18-20H2,1-2H3. The van der Waals surface area contributed by atoms with Gasteiger partial charge >= 0.3 is 0 Å². The topological polar surface area (TPSA) is 35.5 Å². The first-order valence-electron chi connectivity index (χ1n) is 11.6. The summed E-state index contributed by atoms with van der Waals surface area (Å²) in [5.41, 5.74) is 3.28. The molecule has 3 nitrogen and oxygen atoms in total. The highest BCUT2D eigenvalue weighted by atomic mass is 16.5. The predicted octanol–water partition coefficient (Wildman–Crippen LogP) is 6.57. The van der Waals surface area contributed by atoms with Crippen molar-refractivity contribution < 1.29 is 14.3 Å². The van der Waals surface area contributed by atoms with Gasteiger partial charge in [-0.1, -0.05) is 74.4 Å². The number of hydrogen-bond donors (Lipinski definition) is 0. The Balaban J connectivity index is 1.75. The van der Waals surface area contributed by atoms with Gasteiger partial charge in [0, 0.05) is 31.1 Å². The van der Waals surface area contributed by atoms with Crippen LogP contribution in [-0.4, -0.2) is 25.1 Å². The maximum absolute atomic E-state index is 13.4. The number of rotatable bonds is 7. The van der Waals surface area contributed by atoms with Crippen LogP contribution in [0.4, 0.5) is 0 Å². The third-order valence-electron chi connectivity index (χ3n) is 6.09. The molecular weight excluding hydrogens is 372 g/mol. The van der Waals surface area contributed by atoms with Gasteiger partial charge in [-0.15, -0.1) is 0 Å².